The van der Waals surface area contributed by atoms with Gasteiger partial charge in [-0.1, -0.05) is 5.16 Å². The first-order valence-electron chi connectivity index (χ1n) is 6.12. The van der Waals surface area contributed by atoms with E-state index in [0.717, 1.165) is 18.3 Å². The number of anilines is 1. The second-order valence-electron chi connectivity index (χ2n) is 4.22. The Morgan fingerprint density at radius 1 is 1.48 bits per heavy atom. The summed E-state index contributed by atoms with van der Waals surface area (Å²) in [5.74, 6) is 0.150. The predicted octanol–water partition coefficient (Wildman–Crippen LogP) is 1.69. The zero-order valence-corrected chi connectivity index (χ0v) is 11.5. The van der Waals surface area contributed by atoms with E-state index in [-0.39, 0.29) is 24.6 Å². The lowest BCUT2D eigenvalue weighted by Crippen LogP contribution is -2.32. The summed E-state index contributed by atoms with van der Waals surface area (Å²) in [5.41, 5.74) is 4.59. The fraction of sp³-hybridized carbons (Fsp3) is 0.500. The smallest absolute Gasteiger partial charge is 0.409 e. The maximum absolute atomic E-state index is 12.7. The topological polar surface area (TPSA) is 84.0 Å². The number of oxime groups is 1. The third-order valence-electron chi connectivity index (χ3n) is 2.73. The summed E-state index contributed by atoms with van der Waals surface area (Å²) in [4.78, 5) is 5.52. The normalized spacial score (nSPS) is 12.5. The Bertz CT molecular complexity index is 480. The fourth-order valence-electron chi connectivity index (χ4n) is 1.61. The van der Waals surface area contributed by atoms with Crippen LogP contribution in [0, 0.1) is 0 Å². The van der Waals surface area contributed by atoms with E-state index in [0.29, 0.717) is 13.2 Å². The minimum atomic E-state index is -4.43. The van der Waals surface area contributed by atoms with Gasteiger partial charge in [-0.3, -0.25) is 0 Å². The largest absolute Gasteiger partial charge is 0.416 e. The van der Waals surface area contributed by atoms with Crippen molar-refractivity contribution in [2.45, 2.75) is 12.6 Å². The lowest BCUT2D eigenvalue weighted by atomic mass is 10.2. The van der Waals surface area contributed by atoms with Gasteiger partial charge in [0.1, 0.15) is 11.7 Å². The molecule has 6 nitrogen and oxygen atoms in total. The number of pyridine rings is 1. The van der Waals surface area contributed by atoms with Crippen molar-refractivity contribution in [2.75, 3.05) is 31.7 Å². The van der Waals surface area contributed by atoms with Crippen LogP contribution in [-0.2, 0) is 10.9 Å². The molecule has 1 rings (SSSR count). The first-order chi connectivity index (χ1) is 9.88. The van der Waals surface area contributed by atoms with Crippen molar-refractivity contribution < 1.29 is 23.1 Å². The molecule has 118 valence electrons. The summed E-state index contributed by atoms with van der Waals surface area (Å²) >= 11 is 0. The van der Waals surface area contributed by atoms with E-state index in [9.17, 15) is 13.2 Å². The molecule has 3 N–H and O–H groups in total. The molecule has 1 aromatic rings. The SMILES string of the molecule is COCCN(CCC(N)=NO)c1cc(C(F)(F)F)ccn1. The van der Waals surface area contributed by atoms with Gasteiger partial charge in [-0.05, 0) is 12.1 Å². The van der Waals surface area contributed by atoms with E-state index in [1.807, 2.05) is 0 Å². The van der Waals surface area contributed by atoms with Crippen molar-refractivity contribution in [2.24, 2.45) is 10.9 Å². The Morgan fingerprint density at radius 3 is 2.76 bits per heavy atom. The highest BCUT2D eigenvalue weighted by atomic mass is 19.4. The van der Waals surface area contributed by atoms with Gasteiger partial charge in [-0.25, -0.2) is 4.98 Å². The Morgan fingerprint density at radius 2 is 2.19 bits per heavy atom. The molecule has 21 heavy (non-hydrogen) atoms. The molecule has 9 heteroatoms. The van der Waals surface area contributed by atoms with Crippen LogP contribution in [0.4, 0.5) is 19.0 Å². The van der Waals surface area contributed by atoms with Crippen LogP contribution in [0.5, 0.6) is 0 Å². The molecule has 0 aliphatic rings. The molecule has 0 saturated heterocycles. The van der Waals surface area contributed by atoms with Crippen LogP contribution < -0.4 is 10.6 Å². The van der Waals surface area contributed by atoms with E-state index < -0.39 is 11.7 Å². The van der Waals surface area contributed by atoms with Gasteiger partial charge >= 0.3 is 6.18 Å². The maximum Gasteiger partial charge on any atom is 0.416 e. The standard InChI is InChI=1S/C12H17F3N4O2/c1-21-7-6-19(5-3-10(16)18-20)11-8-9(2-4-17-11)12(13,14)15/h2,4,8,20H,3,5-7H2,1H3,(H2,16,18). The van der Waals surface area contributed by atoms with Crippen molar-refractivity contribution in [3.8, 4) is 0 Å². The minimum absolute atomic E-state index is 0.00982. The van der Waals surface area contributed by atoms with Gasteiger partial charge in [0.25, 0.3) is 0 Å². The van der Waals surface area contributed by atoms with E-state index >= 15 is 0 Å². The molecule has 0 atom stereocenters. The van der Waals surface area contributed by atoms with Crippen LogP contribution in [-0.4, -0.2) is 42.8 Å². The average Bonchev–Trinajstić information content (AvgIpc) is 2.46. The molecule has 0 saturated carbocycles. The zero-order chi connectivity index (χ0) is 15.9. The highest BCUT2D eigenvalue weighted by molar-refractivity contribution is 5.80. The number of halogens is 3. The molecule has 1 aromatic heterocycles. The molecule has 0 aromatic carbocycles. The van der Waals surface area contributed by atoms with Gasteiger partial charge in [0.05, 0.1) is 12.2 Å². The van der Waals surface area contributed by atoms with Gasteiger partial charge in [-0.2, -0.15) is 13.2 Å². The zero-order valence-electron chi connectivity index (χ0n) is 11.5. The van der Waals surface area contributed by atoms with Crippen LogP contribution in [0.2, 0.25) is 0 Å². The van der Waals surface area contributed by atoms with Crippen molar-refractivity contribution in [1.82, 2.24) is 4.98 Å². The summed E-state index contributed by atoms with van der Waals surface area (Å²) in [6, 6.07) is 1.86. The summed E-state index contributed by atoms with van der Waals surface area (Å²) in [6.45, 7) is 0.908. The second-order valence-corrected chi connectivity index (χ2v) is 4.22. The molecule has 0 amide bonds. The van der Waals surface area contributed by atoms with Gasteiger partial charge < -0.3 is 20.6 Å². The number of nitrogens with zero attached hydrogens (tertiary/aromatic N) is 3. The number of aromatic nitrogens is 1. The number of amidine groups is 1. The highest BCUT2D eigenvalue weighted by Crippen LogP contribution is 2.30. The number of rotatable bonds is 7. The Balaban J connectivity index is 2.91. The van der Waals surface area contributed by atoms with E-state index in [1.54, 1.807) is 4.90 Å². The first kappa shape index (κ1) is 17.0. The van der Waals surface area contributed by atoms with Crippen molar-refractivity contribution >= 4 is 11.7 Å². The van der Waals surface area contributed by atoms with E-state index in [4.69, 9.17) is 15.7 Å². The Kier molecular flexibility index (Phi) is 6.22. The molecular formula is C12H17F3N4O2. The minimum Gasteiger partial charge on any atom is -0.409 e. The first-order valence-corrected chi connectivity index (χ1v) is 6.12. The van der Waals surface area contributed by atoms with Crippen LogP contribution in [0.15, 0.2) is 23.5 Å². The van der Waals surface area contributed by atoms with E-state index in [2.05, 4.69) is 10.1 Å². The third-order valence-corrected chi connectivity index (χ3v) is 2.73. The van der Waals surface area contributed by atoms with Gasteiger partial charge in [0.2, 0.25) is 0 Å². The molecule has 0 aliphatic heterocycles. The quantitative estimate of drug-likeness (QED) is 0.347. The molecule has 0 unspecified atom stereocenters. The van der Waals surface area contributed by atoms with Crippen molar-refractivity contribution in [3.63, 3.8) is 0 Å². The summed E-state index contributed by atoms with van der Waals surface area (Å²) in [5, 5.41) is 11.3. The summed E-state index contributed by atoms with van der Waals surface area (Å²) < 4.78 is 43.0. The lowest BCUT2D eigenvalue weighted by Gasteiger charge is -2.23. The summed E-state index contributed by atoms with van der Waals surface area (Å²) in [6.07, 6.45) is -3.14. The van der Waals surface area contributed by atoms with Gasteiger partial charge in [0, 0.05) is 32.8 Å². The highest BCUT2D eigenvalue weighted by Gasteiger charge is 2.31. The lowest BCUT2D eigenvalue weighted by molar-refractivity contribution is -0.137. The van der Waals surface area contributed by atoms with Gasteiger partial charge in [0.15, 0.2) is 0 Å². The molecule has 0 radical (unpaired) electrons. The number of hydrogen-bond acceptors (Lipinski definition) is 5. The average molecular weight is 306 g/mol. The Hall–Kier alpha value is -2.03. The maximum atomic E-state index is 12.7. The number of alkyl halides is 3. The number of hydrogen-bond donors (Lipinski definition) is 2. The number of methoxy groups -OCH3 is 1. The molecule has 0 bridgehead atoms. The number of nitrogens with two attached hydrogens (primary N) is 1. The molecule has 0 spiro atoms. The van der Waals surface area contributed by atoms with Crippen LogP contribution in [0.25, 0.3) is 0 Å². The summed E-state index contributed by atoms with van der Waals surface area (Å²) in [7, 11) is 1.49. The fourth-order valence-corrected chi connectivity index (χ4v) is 1.61. The second kappa shape index (κ2) is 7.67. The molecule has 1 heterocycles. The molecular weight excluding hydrogens is 289 g/mol. The van der Waals surface area contributed by atoms with Gasteiger partial charge in [-0.15, -0.1) is 0 Å². The monoisotopic (exact) mass is 306 g/mol. The Labute approximate surface area is 120 Å². The molecule has 0 fully saturated rings. The third kappa shape index (κ3) is 5.46. The van der Waals surface area contributed by atoms with Crippen molar-refractivity contribution in [1.29, 1.82) is 0 Å². The van der Waals surface area contributed by atoms with Crippen LogP contribution >= 0.6 is 0 Å². The van der Waals surface area contributed by atoms with Crippen molar-refractivity contribution in [3.05, 3.63) is 23.9 Å². The van der Waals surface area contributed by atoms with Crippen LogP contribution in [0.1, 0.15) is 12.0 Å². The number of ether oxygens (including phenoxy) is 1. The van der Waals surface area contributed by atoms with E-state index in [1.165, 1.54) is 7.11 Å². The molecule has 0 aliphatic carbocycles. The van der Waals surface area contributed by atoms with Crippen LogP contribution in [0.3, 0.4) is 0 Å². The predicted molar refractivity (Wildman–Crippen MR) is 71.4 cm³/mol.